The van der Waals surface area contributed by atoms with Gasteiger partial charge in [0.05, 0.1) is 23.4 Å². The second kappa shape index (κ2) is 10.1. The lowest BCUT2D eigenvalue weighted by Crippen LogP contribution is -2.27. The molecule has 174 valence electrons. The number of amides is 2. The van der Waals surface area contributed by atoms with Gasteiger partial charge in [-0.05, 0) is 61.6 Å². The zero-order valence-electron chi connectivity index (χ0n) is 18.1. The molecular weight excluding hydrogens is 490 g/mol. The number of nitrogens with one attached hydrogen (secondary N) is 1. The second-order valence-electron chi connectivity index (χ2n) is 7.85. The fourth-order valence-electron chi connectivity index (χ4n) is 3.72. The summed E-state index contributed by atoms with van der Waals surface area (Å²) >= 11 is 8.18. The largest absolute Gasteiger partial charge is 0.484 e. The van der Waals surface area contributed by atoms with Gasteiger partial charge in [0.15, 0.2) is 11.7 Å². The molecule has 2 aromatic heterocycles. The molecule has 1 aliphatic heterocycles. The van der Waals surface area contributed by atoms with E-state index in [1.807, 2.05) is 18.2 Å². The summed E-state index contributed by atoms with van der Waals surface area (Å²) in [6, 6.07) is 10.8. The molecule has 1 N–H and O–H groups in total. The summed E-state index contributed by atoms with van der Waals surface area (Å²) in [7, 11) is 0. The standard InChI is InChI=1S/C24H21N3O4S3/c28-21(26-23-25-18-5-1-2-6-19(18)33-23)14-31-16-9-7-15(8-10-16)12-20-22(29)27(24(32)34-20)13-17-4-3-11-30-17/h3-4,7-12H,1-2,5-6,13-14H2,(H,25,26,28)/b20-12-. The highest BCUT2D eigenvalue weighted by atomic mass is 32.2. The van der Waals surface area contributed by atoms with Gasteiger partial charge in [-0.25, -0.2) is 4.98 Å². The smallest absolute Gasteiger partial charge is 0.266 e. The molecule has 0 bridgehead atoms. The third-order valence-electron chi connectivity index (χ3n) is 5.41. The van der Waals surface area contributed by atoms with E-state index < -0.39 is 0 Å². The van der Waals surface area contributed by atoms with Gasteiger partial charge in [-0.3, -0.25) is 19.8 Å². The van der Waals surface area contributed by atoms with Crippen LogP contribution < -0.4 is 10.1 Å². The third kappa shape index (κ3) is 5.24. The van der Waals surface area contributed by atoms with Gasteiger partial charge in [-0.2, -0.15) is 0 Å². The number of rotatable bonds is 7. The number of anilines is 1. The number of carbonyl (C=O) groups excluding carboxylic acids is 2. The number of hydrogen-bond donors (Lipinski definition) is 1. The van der Waals surface area contributed by atoms with Crippen molar-refractivity contribution in [3.05, 3.63) is 69.5 Å². The molecule has 1 aromatic carbocycles. The van der Waals surface area contributed by atoms with Gasteiger partial charge in [-0.1, -0.05) is 36.1 Å². The number of thioether (sulfide) groups is 1. The van der Waals surface area contributed by atoms with Gasteiger partial charge < -0.3 is 9.15 Å². The SMILES string of the molecule is O=C(COc1ccc(/C=C2\SC(=S)N(Cc3ccco3)C2=O)cc1)Nc1nc2c(s1)CCCC2. The predicted molar refractivity (Wildman–Crippen MR) is 137 cm³/mol. The molecule has 10 heteroatoms. The van der Waals surface area contributed by atoms with Crippen molar-refractivity contribution < 1.29 is 18.7 Å². The maximum absolute atomic E-state index is 12.7. The van der Waals surface area contributed by atoms with E-state index in [2.05, 4.69) is 10.3 Å². The number of aromatic nitrogens is 1. The fourth-order valence-corrected chi connectivity index (χ4v) is 6.04. The number of nitrogens with zero attached hydrogens (tertiary/aromatic N) is 2. The number of aryl methyl sites for hydroxylation is 2. The molecule has 7 nitrogen and oxygen atoms in total. The van der Waals surface area contributed by atoms with Gasteiger partial charge in [0.25, 0.3) is 11.8 Å². The van der Waals surface area contributed by atoms with Crippen molar-refractivity contribution in [1.82, 2.24) is 9.88 Å². The number of benzene rings is 1. The Hall–Kier alpha value is -2.95. The van der Waals surface area contributed by atoms with Crippen LogP contribution in [0.5, 0.6) is 5.75 Å². The Morgan fingerprint density at radius 3 is 2.82 bits per heavy atom. The lowest BCUT2D eigenvalue weighted by atomic mass is 10.0. The molecule has 0 saturated carbocycles. The number of thiazole rings is 1. The number of hydrogen-bond acceptors (Lipinski definition) is 8. The normalized spacial score (nSPS) is 16.7. The molecule has 0 radical (unpaired) electrons. The Labute approximate surface area is 210 Å². The molecule has 2 amide bonds. The quantitative estimate of drug-likeness (QED) is 0.352. The van der Waals surface area contributed by atoms with Crippen LogP contribution in [0.2, 0.25) is 0 Å². The molecule has 0 atom stereocenters. The Morgan fingerprint density at radius 1 is 1.24 bits per heavy atom. The van der Waals surface area contributed by atoms with E-state index in [1.165, 1.54) is 28.0 Å². The maximum atomic E-state index is 12.7. The highest BCUT2D eigenvalue weighted by Gasteiger charge is 2.32. The fraction of sp³-hybridized carbons (Fsp3) is 0.250. The molecule has 3 heterocycles. The molecule has 0 spiro atoms. The Balaban J connectivity index is 1.15. The van der Waals surface area contributed by atoms with E-state index in [4.69, 9.17) is 21.4 Å². The Kier molecular flexibility index (Phi) is 6.80. The molecule has 5 rings (SSSR count). The maximum Gasteiger partial charge on any atom is 0.266 e. The van der Waals surface area contributed by atoms with Crippen molar-refractivity contribution in [2.45, 2.75) is 32.2 Å². The first-order valence-electron chi connectivity index (χ1n) is 10.8. The highest BCUT2D eigenvalue weighted by molar-refractivity contribution is 8.26. The number of furan rings is 1. The summed E-state index contributed by atoms with van der Waals surface area (Å²) in [6.07, 6.45) is 7.73. The first-order chi connectivity index (χ1) is 16.5. The molecule has 0 unspecified atom stereocenters. The molecule has 2 aliphatic rings. The minimum Gasteiger partial charge on any atom is -0.484 e. The van der Waals surface area contributed by atoms with Crippen LogP contribution in [0, 0.1) is 0 Å². The highest BCUT2D eigenvalue weighted by Crippen LogP contribution is 2.34. The van der Waals surface area contributed by atoms with E-state index in [9.17, 15) is 9.59 Å². The van der Waals surface area contributed by atoms with E-state index >= 15 is 0 Å². The van der Waals surface area contributed by atoms with Crippen molar-refractivity contribution >= 4 is 62.7 Å². The molecule has 34 heavy (non-hydrogen) atoms. The Bertz CT molecular complexity index is 1230. The molecular formula is C24H21N3O4S3. The van der Waals surface area contributed by atoms with Crippen LogP contribution >= 0.6 is 35.3 Å². The second-order valence-corrected chi connectivity index (χ2v) is 10.6. The molecule has 3 aromatic rings. The van der Waals surface area contributed by atoms with Crippen LogP contribution in [-0.4, -0.2) is 32.6 Å². The monoisotopic (exact) mass is 511 g/mol. The summed E-state index contributed by atoms with van der Waals surface area (Å²) in [5.41, 5.74) is 1.95. The number of ether oxygens (including phenoxy) is 1. The molecule has 1 fully saturated rings. The molecule has 1 aliphatic carbocycles. The van der Waals surface area contributed by atoms with Crippen molar-refractivity contribution in [2.24, 2.45) is 0 Å². The van der Waals surface area contributed by atoms with E-state index in [1.54, 1.807) is 41.9 Å². The van der Waals surface area contributed by atoms with Crippen LogP contribution in [0.4, 0.5) is 5.13 Å². The molecule has 1 saturated heterocycles. The van der Waals surface area contributed by atoms with Crippen molar-refractivity contribution in [1.29, 1.82) is 0 Å². The van der Waals surface area contributed by atoms with Gasteiger partial charge in [0.2, 0.25) is 0 Å². The van der Waals surface area contributed by atoms with Gasteiger partial charge >= 0.3 is 0 Å². The van der Waals surface area contributed by atoms with E-state index in [0.717, 1.165) is 30.5 Å². The van der Waals surface area contributed by atoms with Gasteiger partial charge in [0, 0.05) is 4.88 Å². The summed E-state index contributed by atoms with van der Waals surface area (Å²) in [5.74, 6) is 0.858. The number of fused-ring (bicyclic) bond motifs is 1. The van der Waals surface area contributed by atoms with E-state index in [0.29, 0.717) is 32.4 Å². The topological polar surface area (TPSA) is 84.7 Å². The van der Waals surface area contributed by atoms with Crippen LogP contribution in [0.1, 0.15) is 34.7 Å². The lowest BCUT2D eigenvalue weighted by molar-refractivity contribution is -0.122. The average Bonchev–Trinajstić information content (AvgIpc) is 3.55. The summed E-state index contributed by atoms with van der Waals surface area (Å²) in [6.45, 7) is 0.211. The summed E-state index contributed by atoms with van der Waals surface area (Å²) in [5, 5.41) is 3.47. The van der Waals surface area contributed by atoms with Crippen LogP contribution in [0.25, 0.3) is 6.08 Å². The van der Waals surface area contributed by atoms with Gasteiger partial charge in [-0.15, -0.1) is 11.3 Å². The number of thiocarbonyl (C=S) groups is 1. The zero-order valence-corrected chi connectivity index (χ0v) is 20.6. The first-order valence-corrected chi connectivity index (χ1v) is 12.9. The third-order valence-corrected chi connectivity index (χ3v) is 7.86. The van der Waals surface area contributed by atoms with Crippen LogP contribution in [0.15, 0.2) is 52.0 Å². The minimum absolute atomic E-state index is 0.102. The van der Waals surface area contributed by atoms with E-state index in [-0.39, 0.29) is 18.4 Å². The average molecular weight is 512 g/mol. The summed E-state index contributed by atoms with van der Waals surface area (Å²) in [4.78, 5) is 32.9. The van der Waals surface area contributed by atoms with Crippen molar-refractivity contribution in [3.63, 3.8) is 0 Å². The Morgan fingerprint density at radius 2 is 2.06 bits per heavy atom. The van der Waals surface area contributed by atoms with Crippen molar-refractivity contribution in [2.75, 3.05) is 11.9 Å². The van der Waals surface area contributed by atoms with Crippen molar-refractivity contribution in [3.8, 4) is 5.75 Å². The zero-order chi connectivity index (χ0) is 23.5. The summed E-state index contributed by atoms with van der Waals surface area (Å²) < 4.78 is 11.4. The predicted octanol–water partition coefficient (Wildman–Crippen LogP) is 5.03. The van der Waals surface area contributed by atoms with Crippen LogP contribution in [0.3, 0.4) is 0 Å². The lowest BCUT2D eigenvalue weighted by Gasteiger charge is -2.11. The first kappa shape index (κ1) is 22.8. The van der Waals surface area contributed by atoms with Gasteiger partial charge in [0.1, 0.15) is 15.8 Å². The number of carbonyl (C=O) groups is 2. The minimum atomic E-state index is -0.240. The van der Waals surface area contributed by atoms with Crippen LogP contribution in [-0.2, 0) is 29.0 Å².